The van der Waals surface area contributed by atoms with Crippen LogP contribution in [0, 0.1) is 0 Å². The molecule has 1 heterocycles. The number of hydrogen-bond donors (Lipinski definition) is 2. The van der Waals surface area contributed by atoms with Crippen molar-refractivity contribution < 1.29 is 14.3 Å². The average molecular weight is 333 g/mol. The van der Waals surface area contributed by atoms with Crippen LogP contribution < -0.4 is 15.4 Å². The van der Waals surface area contributed by atoms with Crippen molar-refractivity contribution in [1.29, 1.82) is 0 Å². The molecule has 6 nitrogen and oxygen atoms in total. The molecule has 0 radical (unpaired) electrons. The first-order valence-corrected chi connectivity index (χ1v) is 8.23. The van der Waals surface area contributed by atoms with Crippen LogP contribution >= 0.6 is 11.3 Å². The second-order valence-corrected chi connectivity index (χ2v) is 5.57. The van der Waals surface area contributed by atoms with E-state index in [9.17, 15) is 9.59 Å². The Hall–Kier alpha value is -2.41. The molecule has 0 aliphatic carbocycles. The molecule has 1 atom stereocenters. The van der Waals surface area contributed by atoms with Crippen LogP contribution in [0.15, 0.2) is 35.2 Å². The summed E-state index contributed by atoms with van der Waals surface area (Å²) < 4.78 is 5.33. The van der Waals surface area contributed by atoms with Gasteiger partial charge in [0, 0.05) is 10.9 Å². The largest absolute Gasteiger partial charge is 0.494 e. The van der Waals surface area contributed by atoms with Crippen molar-refractivity contribution in [2.75, 3.05) is 6.61 Å². The number of rotatable bonds is 7. The first-order valence-electron chi connectivity index (χ1n) is 7.28. The van der Waals surface area contributed by atoms with E-state index in [4.69, 9.17) is 4.74 Å². The normalized spacial score (nSPS) is 11.6. The summed E-state index contributed by atoms with van der Waals surface area (Å²) in [6.07, 6.45) is 0. The molecule has 1 aromatic heterocycles. The van der Waals surface area contributed by atoms with E-state index in [0.717, 1.165) is 5.69 Å². The smallest absolute Gasteiger partial charge is 0.251 e. The number of benzene rings is 1. The van der Waals surface area contributed by atoms with Crippen molar-refractivity contribution in [2.24, 2.45) is 0 Å². The van der Waals surface area contributed by atoms with E-state index < -0.39 is 6.04 Å². The highest BCUT2D eigenvalue weighted by molar-refractivity contribution is 7.07. The maximum absolute atomic E-state index is 12.1. The molecule has 0 aliphatic heterocycles. The molecular weight excluding hydrogens is 314 g/mol. The van der Waals surface area contributed by atoms with Crippen LogP contribution in [0.5, 0.6) is 5.75 Å². The number of hydrogen-bond acceptors (Lipinski definition) is 5. The number of ether oxygens (including phenoxy) is 1. The van der Waals surface area contributed by atoms with Crippen LogP contribution in [0.25, 0.3) is 0 Å². The van der Waals surface area contributed by atoms with Gasteiger partial charge >= 0.3 is 0 Å². The van der Waals surface area contributed by atoms with E-state index in [1.165, 1.54) is 11.3 Å². The SMILES string of the molecule is CCOc1ccc(C(=O)N[C@H](C)C(=O)NCc2cscn2)cc1. The third-order valence-corrected chi connectivity index (χ3v) is 3.73. The van der Waals surface area contributed by atoms with Crippen molar-refractivity contribution in [2.45, 2.75) is 26.4 Å². The van der Waals surface area contributed by atoms with Gasteiger partial charge in [0.25, 0.3) is 5.91 Å². The Morgan fingerprint density at radius 3 is 2.65 bits per heavy atom. The molecule has 2 amide bonds. The van der Waals surface area contributed by atoms with E-state index >= 15 is 0 Å². The topological polar surface area (TPSA) is 80.3 Å². The van der Waals surface area contributed by atoms with Gasteiger partial charge in [0.2, 0.25) is 5.91 Å². The lowest BCUT2D eigenvalue weighted by Crippen LogP contribution is -2.44. The Labute approximate surface area is 138 Å². The van der Waals surface area contributed by atoms with Crippen molar-refractivity contribution in [3.05, 3.63) is 46.4 Å². The summed E-state index contributed by atoms with van der Waals surface area (Å²) in [6.45, 7) is 4.46. The zero-order valence-corrected chi connectivity index (χ0v) is 13.9. The molecule has 0 bridgehead atoms. The second-order valence-electron chi connectivity index (χ2n) is 4.85. The Morgan fingerprint density at radius 1 is 1.30 bits per heavy atom. The molecule has 0 aliphatic rings. The van der Waals surface area contributed by atoms with Gasteiger partial charge in [-0.15, -0.1) is 11.3 Å². The monoisotopic (exact) mass is 333 g/mol. The van der Waals surface area contributed by atoms with Crippen molar-refractivity contribution >= 4 is 23.2 Å². The minimum Gasteiger partial charge on any atom is -0.494 e. The van der Waals surface area contributed by atoms with Gasteiger partial charge in [-0.05, 0) is 38.1 Å². The van der Waals surface area contributed by atoms with Crippen LogP contribution in [0.4, 0.5) is 0 Å². The van der Waals surface area contributed by atoms with Gasteiger partial charge < -0.3 is 15.4 Å². The standard InChI is InChI=1S/C16H19N3O3S/c1-3-22-14-6-4-12(5-7-14)16(21)19-11(2)15(20)17-8-13-9-23-10-18-13/h4-7,9-11H,3,8H2,1-2H3,(H,17,20)(H,19,21)/t11-/m1/s1. The van der Waals surface area contributed by atoms with Gasteiger partial charge in [0.1, 0.15) is 11.8 Å². The van der Waals surface area contributed by atoms with Crippen molar-refractivity contribution in [3.63, 3.8) is 0 Å². The first-order chi connectivity index (χ1) is 11.1. The van der Waals surface area contributed by atoms with E-state index in [0.29, 0.717) is 24.5 Å². The third-order valence-electron chi connectivity index (χ3n) is 3.10. The molecule has 2 N–H and O–H groups in total. The van der Waals surface area contributed by atoms with E-state index in [-0.39, 0.29) is 11.8 Å². The van der Waals surface area contributed by atoms with Gasteiger partial charge in [-0.1, -0.05) is 0 Å². The Bertz CT molecular complexity index is 641. The fourth-order valence-electron chi connectivity index (χ4n) is 1.87. The molecule has 122 valence electrons. The molecule has 0 unspecified atom stereocenters. The van der Waals surface area contributed by atoms with Crippen molar-refractivity contribution in [3.8, 4) is 5.75 Å². The molecule has 7 heteroatoms. The summed E-state index contributed by atoms with van der Waals surface area (Å²) in [5.74, 6) is 0.153. The lowest BCUT2D eigenvalue weighted by Gasteiger charge is -2.14. The highest BCUT2D eigenvalue weighted by Gasteiger charge is 2.16. The number of thiazole rings is 1. The fraction of sp³-hybridized carbons (Fsp3) is 0.312. The van der Waals surface area contributed by atoms with Crippen LogP contribution in [0.3, 0.4) is 0 Å². The van der Waals surface area contributed by atoms with E-state index in [1.807, 2.05) is 12.3 Å². The average Bonchev–Trinajstić information content (AvgIpc) is 3.07. The van der Waals surface area contributed by atoms with Crippen LogP contribution in [-0.4, -0.2) is 29.4 Å². The lowest BCUT2D eigenvalue weighted by atomic mass is 10.2. The summed E-state index contributed by atoms with van der Waals surface area (Å²) in [5, 5.41) is 7.27. The van der Waals surface area contributed by atoms with Gasteiger partial charge in [-0.3, -0.25) is 9.59 Å². The quantitative estimate of drug-likeness (QED) is 0.812. The summed E-state index contributed by atoms with van der Waals surface area (Å²) >= 11 is 1.47. The van der Waals surface area contributed by atoms with Gasteiger partial charge in [-0.25, -0.2) is 4.98 Å². The van der Waals surface area contributed by atoms with Crippen molar-refractivity contribution in [1.82, 2.24) is 15.6 Å². The van der Waals surface area contributed by atoms with E-state index in [1.54, 1.807) is 36.7 Å². The molecule has 0 fully saturated rings. The molecule has 0 spiro atoms. The summed E-state index contributed by atoms with van der Waals surface area (Å²) in [5.41, 5.74) is 2.99. The molecule has 23 heavy (non-hydrogen) atoms. The molecule has 0 saturated heterocycles. The van der Waals surface area contributed by atoms with E-state index in [2.05, 4.69) is 15.6 Å². The summed E-state index contributed by atoms with van der Waals surface area (Å²) in [7, 11) is 0. The Kier molecular flexibility index (Phi) is 6.10. The maximum atomic E-state index is 12.1. The number of nitrogens with zero attached hydrogens (tertiary/aromatic N) is 1. The zero-order chi connectivity index (χ0) is 16.7. The predicted octanol–water partition coefficient (Wildman–Crippen LogP) is 1.98. The minimum atomic E-state index is -0.632. The Balaban J connectivity index is 1.84. The lowest BCUT2D eigenvalue weighted by molar-refractivity contribution is -0.122. The minimum absolute atomic E-state index is 0.253. The number of carbonyl (C=O) groups is 2. The number of amides is 2. The summed E-state index contributed by atoms with van der Waals surface area (Å²) in [6, 6.07) is 6.16. The van der Waals surface area contributed by atoms with Gasteiger partial charge in [-0.2, -0.15) is 0 Å². The van der Waals surface area contributed by atoms with Gasteiger partial charge in [0.15, 0.2) is 0 Å². The highest BCUT2D eigenvalue weighted by atomic mass is 32.1. The van der Waals surface area contributed by atoms with Crippen LogP contribution in [0.2, 0.25) is 0 Å². The van der Waals surface area contributed by atoms with Gasteiger partial charge in [0.05, 0.1) is 24.4 Å². The highest BCUT2D eigenvalue weighted by Crippen LogP contribution is 2.12. The van der Waals surface area contributed by atoms with Crippen LogP contribution in [-0.2, 0) is 11.3 Å². The summed E-state index contributed by atoms with van der Waals surface area (Å²) in [4.78, 5) is 28.2. The number of nitrogens with one attached hydrogen (secondary N) is 2. The molecule has 2 rings (SSSR count). The third kappa shape index (κ3) is 5.07. The molecular formula is C16H19N3O3S. The maximum Gasteiger partial charge on any atom is 0.251 e. The Morgan fingerprint density at radius 2 is 2.04 bits per heavy atom. The number of carbonyl (C=O) groups excluding carboxylic acids is 2. The molecule has 0 saturated carbocycles. The first kappa shape index (κ1) is 17.0. The molecule has 2 aromatic rings. The second kappa shape index (κ2) is 8.28. The zero-order valence-electron chi connectivity index (χ0n) is 13.0. The molecule has 1 aromatic carbocycles. The predicted molar refractivity (Wildman–Crippen MR) is 88.5 cm³/mol. The number of aromatic nitrogens is 1. The fourth-order valence-corrected chi connectivity index (χ4v) is 2.43. The van der Waals surface area contributed by atoms with Crippen LogP contribution in [0.1, 0.15) is 29.9 Å².